The molecule has 0 aliphatic rings. The van der Waals surface area contributed by atoms with Crippen LogP contribution in [0.25, 0.3) is 4.96 Å². The van der Waals surface area contributed by atoms with Crippen LogP contribution < -0.4 is 5.32 Å². The molecule has 0 unspecified atom stereocenters. The van der Waals surface area contributed by atoms with E-state index in [-0.39, 0.29) is 0 Å². The largest absolute Gasteiger partial charge is 0.440 e. The second-order valence-corrected chi connectivity index (χ2v) is 6.13. The number of anilines is 1. The van der Waals surface area contributed by atoms with Crippen LogP contribution in [0.5, 0.6) is 0 Å². The van der Waals surface area contributed by atoms with Gasteiger partial charge in [-0.2, -0.15) is 5.10 Å². The Morgan fingerprint density at radius 1 is 1.50 bits per heavy atom. The van der Waals surface area contributed by atoms with E-state index in [4.69, 9.17) is 16.3 Å². The van der Waals surface area contributed by atoms with Crippen molar-refractivity contribution in [3.05, 3.63) is 46.2 Å². The van der Waals surface area contributed by atoms with E-state index in [1.165, 1.54) is 17.7 Å². The lowest BCUT2D eigenvalue weighted by Crippen LogP contribution is -2.16. The Bertz CT molecular complexity index is 829. The molecule has 1 atom stereocenters. The number of aromatic nitrogens is 3. The molecule has 2 aromatic heterocycles. The summed E-state index contributed by atoms with van der Waals surface area (Å²) in [6.45, 7) is 3.73. The Kier molecular flexibility index (Phi) is 4.00. The predicted octanol–water partition coefficient (Wildman–Crippen LogP) is 4.06. The molecule has 1 amide bonds. The van der Waals surface area contributed by atoms with Gasteiger partial charge in [-0.3, -0.25) is 5.32 Å². The molecule has 0 radical (unpaired) electrons. The van der Waals surface area contributed by atoms with E-state index in [9.17, 15) is 4.79 Å². The summed E-state index contributed by atoms with van der Waals surface area (Å²) in [4.78, 5) is 17.8. The molecule has 114 valence electrons. The lowest BCUT2D eigenvalue weighted by Gasteiger charge is -2.13. The number of nitrogens with zero attached hydrogens (tertiary/aromatic N) is 3. The summed E-state index contributed by atoms with van der Waals surface area (Å²) in [6, 6.07) is 6.89. The van der Waals surface area contributed by atoms with Crippen molar-refractivity contribution in [3.8, 4) is 0 Å². The van der Waals surface area contributed by atoms with Gasteiger partial charge in [-0.05, 0) is 32.0 Å². The van der Waals surface area contributed by atoms with Gasteiger partial charge >= 0.3 is 6.09 Å². The monoisotopic (exact) mass is 336 g/mol. The van der Waals surface area contributed by atoms with Crippen LogP contribution in [-0.2, 0) is 4.74 Å². The van der Waals surface area contributed by atoms with Crippen LogP contribution in [0.2, 0.25) is 5.02 Å². The number of halogens is 1. The van der Waals surface area contributed by atoms with Gasteiger partial charge in [0.05, 0.1) is 10.6 Å². The average Bonchev–Trinajstić information content (AvgIpc) is 3.02. The van der Waals surface area contributed by atoms with Crippen molar-refractivity contribution in [2.45, 2.75) is 20.0 Å². The number of aryl methyl sites for hydroxylation is 1. The Labute approximate surface area is 135 Å². The summed E-state index contributed by atoms with van der Waals surface area (Å²) in [6.07, 6.45) is 0.570. The molecule has 0 bridgehead atoms. The Morgan fingerprint density at radius 3 is 3.05 bits per heavy atom. The summed E-state index contributed by atoms with van der Waals surface area (Å²) < 4.78 is 7.14. The number of fused-ring (bicyclic) bond motifs is 1. The molecular weight excluding hydrogens is 324 g/mol. The molecule has 0 fully saturated rings. The summed E-state index contributed by atoms with van der Waals surface area (Å²) >= 11 is 7.33. The summed E-state index contributed by atoms with van der Waals surface area (Å²) in [7, 11) is 0. The first-order valence-corrected chi connectivity index (χ1v) is 7.76. The van der Waals surface area contributed by atoms with Gasteiger partial charge < -0.3 is 4.74 Å². The third-order valence-electron chi connectivity index (χ3n) is 3.12. The van der Waals surface area contributed by atoms with Gasteiger partial charge in [0.15, 0.2) is 0 Å². The number of rotatable bonds is 3. The lowest BCUT2D eigenvalue weighted by atomic mass is 10.3. The van der Waals surface area contributed by atoms with Crippen molar-refractivity contribution in [1.29, 1.82) is 0 Å². The normalized spacial score (nSPS) is 12.3. The predicted molar refractivity (Wildman–Crippen MR) is 85.6 cm³/mol. The number of thiazole rings is 1. The molecule has 0 saturated carbocycles. The number of hydrogen-bond donors (Lipinski definition) is 1. The molecule has 8 heteroatoms. The smallest absolute Gasteiger partial charge is 0.412 e. The number of carbonyl (C=O) groups excluding carboxylic acids is 1. The Hall–Kier alpha value is -2.12. The Morgan fingerprint density at radius 2 is 2.32 bits per heavy atom. The topological polar surface area (TPSA) is 68.5 Å². The van der Waals surface area contributed by atoms with Crippen molar-refractivity contribution in [3.63, 3.8) is 0 Å². The van der Waals surface area contributed by atoms with Gasteiger partial charge in [0, 0.05) is 10.7 Å². The maximum atomic E-state index is 12.0. The molecular formula is C14H13ClN4O2S. The van der Waals surface area contributed by atoms with E-state index in [1.807, 2.05) is 13.8 Å². The van der Waals surface area contributed by atoms with E-state index >= 15 is 0 Å². The fourth-order valence-electron chi connectivity index (χ4n) is 2.11. The molecule has 22 heavy (non-hydrogen) atoms. The number of amides is 1. The number of hydrogen-bond acceptors (Lipinski definition) is 5. The van der Waals surface area contributed by atoms with Crippen LogP contribution in [0.1, 0.15) is 23.6 Å². The van der Waals surface area contributed by atoms with Crippen LogP contribution >= 0.6 is 22.9 Å². The minimum Gasteiger partial charge on any atom is -0.440 e. The van der Waals surface area contributed by atoms with Gasteiger partial charge in [0.2, 0.25) is 4.96 Å². The summed E-state index contributed by atoms with van der Waals surface area (Å²) in [5, 5.41) is 7.32. The van der Waals surface area contributed by atoms with E-state index in [0.717, 1.165) is 15.5 Å². The number of ether oxygens (including phenoxy) is 1. The molecule has 1 N–H and O–H groups in total. The lowest BCUT2D eigenvalue weighted by molar-refractivity contribution is 0.122. The van der Waals surface area contributed by atoms with Crippen LogP contribution in [0.4, 0.5) is 10.5 Å². The first-order chi connectivity index (χ1) is 10.5. The zero-order chi connectivity index (χ0) is 15.7. The van der Waals surface area contributed by atoms with Crippen molar-refractivity contribution < 1.29 is 9.53 Å². The fourth-order valence-corrected chi connectivity index (χ4v) is 3.32. The van der Waals surface area contributed by atoms with Gasteiger partial charge in [-0.1, -0.05) is 29.0 Å². The quantitative estimate of drug-likeness (QED) is 0.783. The van der Waals surface area contributed by atoms with Gasteiger partial charge in [0.1, 0.15) is 12.4 Å². The maximum Gasteiger partial charge on any atom is 0.412 e. The highest BCUT2D eigenvalue weighted by molar-refractivity contribution is 7.17. The molecule has 0 spiro atoms. The molecule has 2 heterocycles. The van der Waals surface area contributed by atoms with E-state index in [1.54, 1.807) is 28.8 Å². The van der Waals surface area contributed by atoms with E-state index < -0.39 is 12.2 Å². The van der Waals surface area contributed by atoms with Crippen LogP contribution in [0, 0.1) is 6.92 Å². The first kappa shape index (κ1) is 14.8. The van der Waals surface area contributed by atoms with Crippen molar-refractivity contribution in [2.75, 3.05) is 5.32 Å². The van der Waals surface area contributed by atoms with E-state index in [0.29, 0.717) is 10.7 Å². The van der Waals surface area contributed by atoms with Crippen LogP contribution in [-0.4, -0.2) is 20.7 Å². The minimum atomic E-state index is -0.534. The maximum absolute atomic E-state index is 12.0. The molecule has 1 aromatic carbocycles. The SMILES string of the molecule is Cc1c([C@@H](C)OC(=O)Nc2cccc(Cl)c2)sc2ncnn12. The minimum absolute atomic E-state index is 0.396. The number of nitrogens with one attached hydrogen (secondary N) is 1. The van der Waals surface area contributed by atoms with Crippen molar-refractivity contribution in [2.24, 2.45) is 0 Å². The highest BCUT2D eigenvalue weighted by Gasteiger charge is 2.19. The van der Waals surface area contributed by atoms with Crippen molar-refractivity contribution in [1.82, 2.24) is 14.6 Å². The molecule has 6 nitrogen and oxygen atoms in total. The van der Waals surface area contributed by atoms with Gasteiger partial charge in [-0.15, -0.1) is 0 Å². The third-order valence-corrected chi connectivity index (χ3v) is 4.66. The first-order valence-electron chi connectivity index (χ1n) is 6.57. The number of carbonyl (C=O) groups is 1. The molecule has 0 aliphatic heterocycles. The van der Waals surface area contributed by atoms with E-state index in [2.05, 4.69) is 15.4 Å². The van der Waals surface area contributed by atoms with Crippen LogP contribution in [0.3, 0.4) is 0 Å². The highest BCUT2D eigenvalue weighted by atomic mass is 35.5. The molecule has 0 saturated heterocycles. The highest BCUT2D eigenvalue weighted by Crippen LogP contribution is 2.29. The summed E-state index contributed by atoms with van der Waals surface area (Å²) in [5.74, 6) is 0. The molecule has 3 aromatic rings. The molecule has 0 aliphatic carbocycles. The number of benzene rings is 1. The van der Waals surface area contributed by atoms with Gasteiger partial charge in [-0.25, -0.2) is 14.3 Å². The van der Waals surface area contributed by atoms with Crippen LogP contribution in [0.15, 0.2) is 30.6 Å². The second kappa shape index (κ2) is 5.94. The Balaban J connectivity index is 1.70. The van der Waals surface area contributed by atoms with Crippen molar-refractivity contribution >= 4 is 39.7 Å². The zero-order valence-corrected chi connectivity index (χ0v) is 13.5. The molecule has 3 rings (SSSR count). The van der Waals surface area contributed by atoms with Gasteiger partial charge in [0.25, 0.3) is 0 Å². The average molecular weight is 337 g/mol. The second-order valence-electron chi connectivity index (χ2n) is 4.69. The fraction of sp³-hybridized carbons (Fsp3) is 0.214. The zero-order valence-electron chi connectivity index (χ0n) is 11.9. The third kappa shape index (κ3) is 2.90. The standard InChI is InChI=1S/C14H13ClN4O2S/c1-8-12(22-13-16-7-17-19(8)13)9(2)21-14(20)18-11-5-3-4-10(15)6-11/h3-7,9H,1-2H3,(H,18,20)/t9-/m1/s1. The summed E-state index contributed by atoms with van der Waals surface area (Å²) in [5.41, 5.74) is 1.50.